The van der Waals surface area contributed by atoms with Crippen molar-refractivity contribution < 1.29 is 4.79 Å². The molecule has 0 bridgehead atoms. The fourth-order valence-corrected chi connectivity index (χ4v) is 3.64. The van der Waals surface area contributed by atoms with E-state index in [9.17, 15) is 4.79 Å². The smallest absolute Gasteiger partial charge is 0.219 e. The average Bonchev–Trinajstić information content (AvgIpc) is 2.49. The Morgan fingerprint density at radius 1 is 0.952 bits per heavy atom. The second-order valence-electron chi connectivity index (χ2n) is 4.42. The highest BCUT2D eigenvalue weighted by atomic mass is 32.2. The lowest BCUT2D eigenvalue weighted by Gasteiger charge is -2.05. The third-order valence-corrected chi connectivity index (χ3v) is 5.42. The number of hydrogen-bond acceptors (Lipinski definition) is 4. The van der Waals surface area contributed by atoms with Crippen molar-refractivity contribution in [3.8, 4) is 0 Å². The first kappa shape index (κ1) is 16.3. The van der Waals surface area contributed by atoms with Crippen molar-refractivity contribution in [1.82, 2.24) is 0 Å². The molecular weight excluding hydrogens is 316 g/mol. The van der Waals surface area contributed by atoms with E-state index in [1.54, 1.807) is 30.4 Å². The molecule has 108 valence electrons. The van der Waals surface area contributed by atoms with Crippen molar-refractivity contribution >= 4 is 40.4 Å². The molecule has 2 aromatic carbocycles. The van der Waals surface area contributed by atoms with Crippen molar-refractivity contribution in [1.29, 1.82) is 0 Å². The zero-order chi connectivity index (χ0) is 15.2. The Morgan fingerprint density at radius 3 is 2.19 bits per heavy atom. The largest absolute Gasteiger partial charge is 0.282 e. The van der Waals surface area contributed by atoms with Crippen LogP contribution in [0.25, 0.3) is 0 Å². The number of hydrogen-bond donors (Lipinski definition) is 0. The Balaban J connectivity index is 2.05. The molecule has 0 saturated heterocycles. The van der Waals surface area contributed by atoms with Crippen LogP contribution in [0, 0.1) is 0 Å². The summed E-state index contributed by atoms with van der Waals surface area (Å²) in [5.41, 5.74) is 0.576. The number of carbonyl (C=O) groups is 1. The number of carbonyl (C=O) groups excluding carboxylic acids is 1. The Hall–Kier alpha value is -1.10. The Bertz CT molecular complexity index is 647. The molecule has 0 N–H and O–H groups in total. The summed E-state index contributed by atoms with van der Waals surface area (Å²) in [5.74, 6) is 0. The van der Waals surface area contributed by atoms with Gasteiger partial charge in [0.25, 0.3) is 0 Å². The first-order valence-corrected chi connectivity index (χ1v) is 9.24. The highest BCUT2D eigenvalue weighted by Crippen LogP contribution is 2.31. The van der Waals surface area contributed by atoms with Crippen molar-refractivity contribution in [3.05, 3.63) is 60.7 Å². The van der Waals surface area contributed by atoms with E-state index >= 15 is 0 Å². The summed E-state index contributed by atoms with van der Waals surface area (Å²) in [5, 5.41) is 0.0167. The maximum absolute atomic E-state index is 11.6. The van der Waals surface area contributed by atoms with E-state index in [2.05, 4.69) is 37.1 Å². The first-order valence-electron chi connectivity index (χ1n) is 6.38. The average molecular weight is 333 g/mol. The minimum absolute atomic E-state index is 0.0167. The topological polar surface area (TPSA) is 17.1 Å². The molecule has 2 rings (SSSR count). The SMILES string of the molecule is C=C(C)C(=O)Sc1ccc(Sc2cccc(SC)c2)cc1. The van der Waals surface area contributed by atoms with Crippen LogP contribution in [0.2, 0.25) is 0 Å². The molecule has 0 radical (unpaired) electrons. The molecule has 0 atom stereocenters. The second-order valence-corrected chi connectivity index (χ2v) is 7.50. The van der Waals surface area contributed by atoms with E-state index in [-0.39, 0.29) is 5.12 Å². The van der Waals surface area contributed by atoms with Gasteiger partial charge in [-0.3, -0.25) is 4.79 Å². The van der Waals surface area contributed by atoms with Crippen LogP contribution >= 0.6 is 35.3 Å². The van der Waals surface area contributed by atoms with Crippen LogP contribution in [-0.2, 0) is 4.79 Å². The van der Waals surface area contributed by atoms with Gasteiger partial charge in [0.2, 0.25) is 5.12 Å². The van der Waals surface area contributed by atoms with Gasteiger partial charge in [-0.1, -0.05) is 24.4 Å². The van der Waals surface area contributed by atoms with Gasteiger partial charge in [0.15, 0.2) is 0 Å². The zero-order valence-electron chi connectivity index (χ0n) is 12.0. The lowest BCUT2D eigenvalue weighted by atomic mass is 10.4. The third-order valence-electron chi connectivity index (χ3n) is 2.66. The molecule has 0 saturated carbocycles. The van der Waals surface area contributed by atoms with Gasteiger partial charge in [0.1, 0.15) is 0 Å². The van der Waals surface area contributed by atoms with Gasteiger partial charge in [0.05, 0.1) is 0 Å². The summed E-state index contributed by atoms with van der Waals surface area (Å²) in [7, 11) is 0. The Labute approximate surface area is 138 Å². The van der Waals surface area contributed by atoms with Gasteiger partial charge < -0.3 is 0 Å². The molecule has 0 aromatic heterocycles. The van der Waals surface area contributed by atoms with Gasteiger partial charge in [-0.2, -0.15) is 0 Å². The Morgan fingerprint density at radius 2 is 1.57 bits per heavy atom. The minimum Gasteiger partial charge on any atom is -0.282 e. The summed E-state index contributed by atoms with van der Waals surface area (Å²) in [6.07, 6.45) is 2.08. The lowest BCUT2D eigenvalue weighted by molar-refractivity contribution is -0.107. The Kier molecular flexibility index (Phi) is 6.03. The fraction of sp³-hybridized carbons (Fsp3) is 0.118. The maximum Gasteiger partial charge on any atom is 0.219 e. The molecule has 1 nitrogen and oxygen atoms in total. The predicted octanol–water partition coefficient (Wildman–Crippen LogP) is 5.75. The molecule has 0 heterocycles. The summed E-state index contributed by atoms with van der Waals surface area (Å²) in [6, 6.07) is 16.5. The molecule has 0 spiro atoms. The van der Waals surface area contributed by atoms with Gasteiger partial charge in [-0.05, 0) is 73.0 Å². The van der Waals surface area contributed by atoms with Crippen LogP contribution in [0.1, 0.15) is 6.92 Å². The molecule has 21 heavy (non-hydrogen) atoms. The van der Waals surface area contributed by atoms with Crippen LogP contribution in [0.4, 0.5) is 0 Å². The number of thioether (sulfide) groups is 2. The molecule has 0 fully saturated rings. The van der Waals surface area contributed by atoms with Gasteiger partial charge in [0, 0.05) is 19.6 Å². The van der Waals surface area contributed by atoms with Crippen LogP contribution in [0.5, 0.6) is 0 Å². The van der Waals surface area contributed by atoms with Crippen LogP contribution in [-0.4, -0.2) is 11.4 Å². The molecule has 4 heteroatoms. The summed E-state index contributed by atoms with van der Waals surface area (Å²) in [4.78, 5) is 16.2. The maximum atomic E-state index is 11.6. The third kappa shape index (κ3) is 4.99. The minimum atomic E-state index is 0.0167. The highest BCUT2D eigenvalue weighted by Gasteiger charge is 2.05. The number of benzene rings is 2. The first-order chi connectivity index (χ1) is 10.1. The highest BCUT2D eigenvalue weighted by molar-refractivity contribution is 8.14. The lowest BCUT2D eigenvalue weighted by Crippen LogP contribution is -1.90. The van der Waals surface area contributed by atoms with E-state index < -0.39 is 0 Å². The van der Waals surface area contributed by atoms with Crippen LogP contribution in [0.15, 0.2) is 80.3 Å². The standard InChI is InChI=1S/C17H16OS3/c1-12(2)17(18)21-14-9-7-13(8-10-14)20-16-6-4-5-15(11-16)19-3/h4-11H,1H2,2-3H3. The molecule has 2 aromatic rings. The summed E-state index contributed by atoms with van der Waals surface area (Å²) < 4.78 is 0. The van der Waals surface area contributed by atoms with Gasteiger partial charge >= 0.3 is 0 Å². The second kappa shape index (κ2) is 7.78. The quantitative estimate of drug-likeness (QED) is 0.511. The van der Waals surface area contributed by atoms with E-state index in [0.717, 1.165) is 4.90 Å². The van der Waals surface area contributed by atoms with Crippen LogP contribution < -0.4 is 0 Å². The molecular formula is C17H16OS3. The summed E-state index contributed by atoms with van der Waals surface area (Å²) >= 11 is 4.69. The van der Waals surface area contributed by atoms with Crippen molar-refractivity contribution in [2.75, 3.05) is 6.26 Å². The number of rotatable bonds is 5. The van der Waals surface area contributed by atoms with E-state index in [4.69, 9.17) is 0 Å². The molecule has 0 amide bonds. The molecule has 0 unspecified atom stereocenters. The molecule has 0 aliphatic carbocycles. The normalized spacial score (nSPS) is 10.4. The monoisotopic (exact) mass is 332 g/mol. The van der Waals surface area contributed by atoms with Crippen LogP contribution in [0.3, 0.4) is 0 Å². The van der Waals surface area contributed by atoms with Crippen molar-refractivity contribution in [2.24, 2.45) is 0 Å². The van der Waals surface area contributed by atoms with Gasteiger partial charge in [-0.15, -0.1) is 11.8 Å². The van der Waals surface area contributed by atoms with Crippen molar-refractivity contribution in [3.63, 3.8) is 0 Å². The summed E-state index contributed by atoms with van der Waals surface area (Å²) in [6.45, 7) is 5.40. The van der Waals surface area contributed by atoms with Crippen molar-refractivity contribution in [2.45, 2.75) is 26.5 Å². The van der Waals surface area contributed by atoms with E-state index in [0.29, 0.717) is 5.57 Å². The van der Waals surface area contributed by atoms with E-state index in [1.807, 2.05) is 24.3 Å². The zero-order valence-corrected chi connectivity index (χ0v) is 14.4. The molecule has 0 aliphatic heterocycles. The van der Waals surface area contributed by atoms with E-state index in [1.165, 1.54) is 26.4 Å². The fourth-order valence-electron chi connectivity index (χ4n) is 1.57. The predicted molar refractivity (Wildman–Crippen MR) is 94.5 cm³/mol. The molecule has 0 aliphatic rings. The van der Waals surface area contributed by atoms with Gasteiger partial charge in [-0.25, -0.2) is 0 Å².